The van der Waals surface area contributed by atoms with Gasteiger partial charge in [-0.2, -0.15) is 0 Å². The van der Waals surface area contributed by atoms with Gasteiger partial charge in [0.15, 0.2) is 0 Å². The van der Waals surface area contributed by atoms with Gasteiger partial charge in [0, 0.05) is 22.5 Å². The lowest BCUT2D eigenvalue weighted by molar-refractivity contribution is 0.00578. The molecule has 0 atom stereocenters. The average Bonchev–Trinajstić information content (AvgIpc) is 3.13. The summed E-state index contributed by atoms with van der Waals surface area (Å²) < 4.78 is 62.7. The Morgan fingerprint density at radius 2 is 1.08 bits per heavy atom. The van der Waals surface area contributed by atoms with Crippen LogP contribution in [0.2, 0.25) is 0 Å². The molecule has 0 bridgehead atoms. The van der Waals surface area contributed by atoms with Crippen LogP contribution < -0.4 is 21.8 Å². The lowest BCUT2D eigenvalue weighted by Gasteiger charge is -2.32. The summed E-state index contributed by atoms with van der Waals surface area (Å²) in [6.07, 6.45) is -1.24. The molecular formula is C34H43BBr2F3N3O6. The van der Waals surface area contributed by atoms with Crippen molar-refractivity contribution in [2.45, 2.75) is 91.6 Å². The van der Waals surface area contributed by atoms with E-state index in [1.807, 2.05) is 27.7 Å². The number of rotatable bonds is 3. The average molecular weight is 817 g/mol. The number of ether oxygens (including phenoxy) is 2. The Bertz CT molecular complexity index is 1620. The van der Waals surface area contributed by atoms with Crippen LogP contribution >= 0.6 is 31.9 Å². The second-order valence-electron chi connectivity index (χ2n) is 13.9. The van der Waals surface area contributed by atoms with E-state index in [4.69, 9.17) is 24.5 Å². The Hall–Kier alpha value is -3.27. The molecule has 1 saturated heterocycles. The zero-order chi connectivity index (χ0) is 37.5. The van der Waals surface area contributed by atoms with E-state index in [1.54, 1.807) is 71.9 Å². The highest BCUT2D eigenvalue weighted by molar-refractivity contribution is 9.10. The molecule has 0 radical (unpaired) electrons. The number of carbonyl (C=O) groups is 2. The van der Waals surface area contributed by atoms with Crippen molar-refractivity contribution in [3.63, 3.8) is 0 Å². The maximum absolute atomic E-state index is 14.4. The van der Waals surface area contributed by atoms with Gasteiger partial charge in [0.1, 0.15) is 28.7 Å². The summed E-state index contributed by atoms with van der Waals surface area (Å²) >= 11 is 6.02. The predicted molar refractivity (Wildman–Crippen MR) is 194 cm³/mol. The van der Waals surface area contributed by atoms with Crippen molar-refractivity contribution in [2.24, 2.45) is 0 Å². The van der Waals surface area contributed by atoms with Gasteiger partial charge in [0.25, 0.3) is 0 Å². The summed E-state index contributed by atoms with van der Waals surface area (Å²) in [5.41, 5.74) is 4.39. The molecule has 0 spiro atoms. The molecule has 0 aliphatic carbocycles. The van der Waals surface area contributed by atoms with Crippen LogP contribution in [0.25, 0.3) is 0 Å². The first-order valence-corrected chi connectivity index (χ1v) is 16.7. The van der Waals surface area contributed by atoms with Crippen molar-refractivity contribution >= 4 is 73.7 Å². The van der Waals surface area contributed by atoms with Gasteiger partial charge in [0.2, 0.25) is 0 Å². The number of hydrogen-bond donors (Lipinski definition) is 3. The Morgan fingerprint density at radius 1 is 0.694 bits per heavy atom. The normalized spacial score (nSPS) is 14.8. The molecule has 1 fully saturated rings. The van der Waals surface area contributed by atoms with E-state index in [-0.39, 0.29) is 5.82 Å². The molecule has 49 heavy (non-hydrogen) atoms. The van der Waals surface area contributed by atoms with Crippen LogP contribution in [-0.2, 0) is 18.8 Å². The van der Waals surface area contributed by atoms with Crippen LogP contribution in [0.1, 0.15) is 69.2 Å². The van der Waals surface area contributed by atoms with Gasteiger partial charge in [-0.1, -0.05) is 6.07 Å². The maximum Gasteiger partial charge on any atom is 0.497 e. The number of nitrogens with one attached hydrogen (secondary N) is 2. The van der Waals surface area contributed by atoms with Crippen LogP contribution in [0.3, 0.4) is 0 Å². The minimum Gasteiger partial charge on any atom is -0.444 e. The van der Waals surface area contributed by atoms with Crippen molar-refractivity contribution < 1.29 is 41.5 Å². The molecule has 1 aliphatic rings. The molecule has 9 nitrogen and oxygen atoms in total. The number of amides is 2. The molecule has 0 saturated carbocycles. The monoisotopic (exact) mass is 815 g/mol. The van der Waals surface area contributed by atoms with E-state index >= 15 is 0 Å². The highest BCUT2D eigenvalue weighted by Crippen LogP contribution is 2.36. The molecule has 3 aromatic rings. The van der Waals surface area contributed by atoms with E-state index in [1.165, 1.54) is 24.3 Å². The molecular weight excluding hydrogens is 774 g/mol. The quantitative estimate of drug-likeness (QED) is 0.178. The van der Waals surface area contributed by atoms with E-state index in [2.05, 4.69) is 42.5 Å². The van der Waals surface area contributed by atoms with Gasteiger partial charge in [-0.25, -0.2) is 22.8 Å². The highest BCUT2D eigenvalue weighted by Gasteiger charge is 2.52. The van der Waals surface area contributed by atoms with Crippen molar-refractivity contribution in [1.82, 2.24) is 0 Å². The standard InChI is InChI=1S/C17H25BFNO4.C11H13BrFNO2.C6H5BrFN/c1-15(2,3)22-14(21)20-11-8-9-12(13(19)10-11)18-23-16(4,5)17(6,7)24-18;1-11(2,3)16-10(15)14-7-4-5-8(12)9(13)6-7;7-5-2-1-4(9)3-6(5)8/h8-10H,1-7H3,(H,20,21);4-6H,1-3H3,(H,14,15);1-3H,9H2. The van der Waals surface area contributed by atoms with Gasteiger partial charge in [-0.05, 0) is 150 Å². The maximum atomic E-state index is 14.4. The summed E-state index contributed by atoms with van der Waals surface area (Å²) in [5, 5.41) is 4.95. The number of benzene rings is 3. The molecule has 15 heteroatoms. The Morgan fingerprint density at radius 3 is 1.45 bits per heavy atom. The number of hydrogen-bond acceptors (Lipinski definition) is 7. The lowest BCUT2D eigenvalue weighted by Crippen LogP contribution is -2.41. The van der Waals surface area contributed by atoms with Gasteiger partial charge in [-0.3, -0.25) is 10.6 Å². The first kappa shape index (κ1) is 41.9. The van der Waals surface area contributed by atoms with Crippen LogP contribution in [0.4, 0.5) is 39.8 Å². The van der Waals surface area contributed by atoms with Crippen molar-refractivity contribution in [3.05, 3.63) is 81.0 Å². The third kappa shape index (κ3) is 13.9. The predicted octanol–water partition coefficient (Wildman–Crippen LogP) is 9.58. The molecule has 4 N–H and O–H groups in total. The number of carbonyl (C=O) groups excluding carboxylic acids is 2. The SMILES string of the molecule is CC(C)(C)OC(=O)Nc1ccc(B2OC(C)(C)C(C)(C)O2)c(F)c1.CC(C)(C)OC(=O)Nc1ccc(Br)c(F)c1.Nc1ccc(Br)c(F)c1. The second-order valence-corrected chi connectivity index (χ2v) is 15.6. The molecule has 0 unspecified atom stereocenters. The number of nitrogens with two attached hydrogens (primary N) is 1. The zero-order valence-electron chi connectivity index (χ0n) is 29.2. The molecule has 0 aromatic heterocycles. The molecule has 2 amide bonds. The largest absolute Gasteiger partial charge is 0.497 e. The smallest absolute Gasteiger partial charge is 0.444 e. The first-order valence-electron chi connectivity index (χ1n) is 15.1. The Kier molecular flexibility index (Phi) is 14.2. The van der Waals surface area contributed by atoms with Crippen molar-refractivity contribution in [1.29, 1.82) is 0 Å². The minimum atomic E-state index is -0.787. The fraction of sp³-hybridized carbons (Fsp3) is 0.412. The summed E-state index contributed by atoms with van der Waals surface area (Å²) in [6.45, 7) is 18.2. The van der Waals surface area contributed by atoms with E-state index in [0.717, 1.165) is 0 Å². The van der Waals surface area contributed by atoms with Gasteiger partial charge in [-0.15, -0.1) is 0 Å². The minimum absolute atomic E-state index is 0.295. The number of anilines is 3. The fourth-order valence-electron chi connectivity index (χ4n) is 3.70. The van der Waals surface area contributed by atoms with E-state index < -0.39 is 53.3 Å². The van der Waals surface area contributed by atoms with Crippen LogP contribution in [0, 0.1) is 17.5 Å². The summed E-state index contributed by atoms with van der Waals surface area (Å²) in [6, 6.07) is 13.1. The Balaban J connectivity index is 0.000000285. The van der Waals surface area contributed by atoms with Gasteiger partial charge in [0.05, 0.1) is 20.1 Å². The summed E-state index contributed by atoms with van der Waals surface area (Å²) in [5.74, 6) is -1.27. The second kappa shape index (κ2) is 16.6. The van der Waals surface area contributed by atoms with Gasteiger partial charge < -0.3 is 24.5 Å². The number of nitrogen functional groups attached to an aromatic ring is 1. The van der Waals surface area contributed by atoms with Gasteiger partial charge >= 0.3 is 19.3 Å². The van der Waals surface area contributed by atoms with E-state index in [0.29, 0.717) is 31.5 Å². The summed E-state index contributed by atoms with van der Waals surface area (Å²) in [7, 11) is -0.787. The molecule has 4 rings (SSSR count). The first-order chi connectivity index (χ1) is 22.3. The van der Waals surface area contributed by atoms with Crippen molar-refractivity contribution in [3.8, 4) is 0 Å². The van der Waals surface area contributed by atoms with Crippen LogP contribution in [0.5, 0.6) is 0 Å². The Labute approximate surface area is 303 Å². The third-order valence-corrected chi connectivity index (χ3v) is 7.95. The zero-order valence-corrected chi connectivity index (χ0v) is 32.4. The topological polar surface area (TPSA) is 121 Å². The molecule has 1 aliphatic heterocycles. The molecule has 3 aromatic carbocycles. The summed E-state index contributed by atoms with van der Waals surface area (Å²) in [4.78, 5) is 23.1. The van der Waals surface area contributed by atoms with Crippen molar-refractivity contribution in [2.75, 3.05) is 16.4 Å². The lowest BCUT2D eigenvalue weighted by atomic mass is 9.78. The number of halogens is 5. The van der Waals surface area contributed by atoms with E-state index in [9.17, 15) is 22.8 Å². The van der Waals surface area contributed by atoms with Crippen LogP contribution in [-0.4, -0.2) is 41.7 Å². The van der Waals surface area contributed by atoms with Crippen LogP contribution in [0.15, 0.2) is 63.5 Å². The molecule has 1 heterocycles. The fourth-order valence-corrected chi connectivity index (χ4v) is 4.19. The highest BCUT2D eigenvalue weighted by atomic mass is 79.9. The molecule has 268 valence electrons. The third-order valence-electron chi connectivity index (χ3n) is 6.66.